The highest BCUT2D eigenvalue weighted by molar-refractivity contribution is 7.84. The standard InChI is InChI=1S/C14H13NO4S/c1-19-13-4-2-3-11(15-13)9-20(18)12-7-5-10(6-8-12)14(16)17/h2-8H,9H2,1H3,(H,16,17). The summed E-state index contributed by atoms with van der Waals surface area (Å²) in [5, 5.41) is 8.81. The predicted octanol–water partition coefficient (Wildman–Crippen LogP) is 2.10. The zero-order valence-corrected chi connectivity index (χ0v) is 11.6. The Kier molecular flexibility index (Phi) is 4.47. The smallest absolute Gasteiger partial charge is 0.335 e. The second-order valence-electron chi connectivity index (χ2n) is 3.99. The number of methoxy groups -OCH3 is 1. The Bertz CT molecular complexity index is 640. The number of aromatic nitrogens is 1. The molecule has 5 nitrogen and oxygen atoms in total. The molecule has 0 bridgehead atoms. The molecule has 0 aliphatic heterocycles. The summed E-state index contributed by atoms with van der Waals surface area (Å²) in [4.78, 5) is 15.5. The SMILES string of the molecule is COc1cccc(CS(=O)c2ccc(C(=O)O)cc2)n1. The Morgan fingerprint density at radius 1 is 1.25 bits per heavy atom. The van der Waals surface area contributed by atoms with Gasteiger partial charge in [-0.05, 0) is 30.3 Å². The summed E-state index contributed by atoms with van der Waals surface area (Å²) in [7, 11) is 0.244. The quantitative estimate of drug-likeness (QED) is 0.913. The largest absolute Gasteiger partial charge is 0.481 e. The second-order valence-corrected chi connectivity index (χ2v) is 5.44. The molecule has 0 radical (unpaired) electrons. The topological polar surface area (TPSA) is 76.5 Å². The van der Waals surface area contributed by atoms with Crippen LogP contribution in [0.15, 0.2) is 47.4 Å². The number of nitrogens with zero attached hydrogens (tertiary/aromatic N) is 1. The molecule has 2 aromatic rings. The van der Waals surface area contributed by atoms with Crippen LogP contribution in [0.2, 0.25) is 0 Å². The zero-order chi connectivity index (χ0) is 14.5. The van der Waals surface area contributed by atoms with E-state index in [2.05, 4.69) is 4.98 Å². The lowest BCUT2D eigenvalue weighted by Crippen LogP contribution is -2.01. The number of ether oxygens (including phenoxy) is 1. The first-order chi connectivity index (χ1) is 9.60. The lowest BCUT2D eigenvalue weighted by atomic mass is 10.2. The van der Waals surface area contributed by atoms with Crippen LogP contribution in [-0.2, 0) is 16.6 Å². The second kappa shape index (κ2) is 6.29. The molecule has 1 aromatic heterocycles. The van der Waals surface area contributed by atoms with Crippen LogP contribution in [0.5, 0.6) is 5.88 Å². The molecule has 1 atom stereocenters. The number of hydrogen-bond donors (Lipinski definition) is 1. The van der Waals surface area contributed by atoms with Gasteiger partial charge in [0.2, 0.25) is 5.88 Å². The number of carbonyl (C=O) groups is 1. The van der Waals surface area contributed by atoms with Crippen molar-refractivity contribution in [3.8, 4) is 5.88 Å². The van der Waals surface area contributed by atoms with Gasteiger partial charge in [0.1, 0.15) is 0 Å². The average Bonchev–Trinajstić information content (AvgIpc) is 2.47. The molecule has 0 saturated carbocycles. The number of rotatable bonds is 5. The minimum atomic E-state index is -1.28. The van der Waals surface area contributed by atoms with Crippen LogP contribution in [-0.4, -0.2) is 27.4 Å². The van der Waals surface area contributed by atoms with Crippen LogP contribution < -0.4 is 4.74 Å². The van der Waals surface area contributed by atoms with Crippen molar-refractivity contribution < 1.29 is 18.8 Å². The fraction of sp³-hybridized carbons (Fsp3) is 0.143. The van der Waals surface area contributed by atoms with E-state index in [0.717, 1.165) is 0 Å². The number of pyridine rings is 1. The highest BCUT2D eigenvalue weighted by atomic mass is 32.2. The maximum atomic E-state index is 12.2. The summed E-state index contributed by atoms with van der Waals surface area (Å²) in [6.07, 6.45) is 0. The van der Waals surface area contributed by atoms with E-state index >= 15 is 0 Å². The maximum Gasteiger partial charge on any atom is 0.335 e. The molecule has 1 unspecified atom stereocenters. The van der Waals surface area contributed by atoms with Gasteiger partial charge in [0.25, 0.3) is 0 Å². The van der Waals surface area contributed by atoms with Gasteiger partial charge < -0.3 is 9.84 Å². The predicted molar refractivity (Wildman–Crippen MR) is 74.3 cm³/mol. The van der Waals surface area contributed by atoms with E-state index in [9.17, 15) is 9.00 Å². The number of carboxylic acids is 1. The summed E-state index contributed by atoms with van der Waals surface area (Å²) in [6.45, 7) is 0. The third kappa shape index (κ3) is 3.42. The highest BCUT2D eigenvalue weighted by Crippen LogP contribution is 2.14. The van der Waals surface area contributed by atoms with Crippen molar-refractivity contribution in [3.63, 3.8) is 0 Å². The molecule has 1 heterocycles. The molecule has 0 saturated heterocycles. The summed E-state index contributed by atoms with van der Waals surface area (Å²) in [5.41, 5.74) is 0.829. The van der Waals surface area contributed by atoms with E-state index < -0.39 is 16.8 Å². The minimum absolute atomic E-state index is 0.172. The third-order valence-electron chi connectivity index (χ3n) is 2.63. The monoisotopic (exact) mass is 291 g/mol. The lowest BCUT2D eigenvalue weighted by molar-refractivity contribution is 0.0697. The van der Waals surface area contributed by atoms with Gasteiger partial charge in [-0.2, -0.15) is 0 Å². The van der Waals surface area contributed by atoms with Crippen molar-refractivity contribution in [2.24, 2.45) is 0 Å². The number of benzene rings is 1. The lowest BCUT2D eigenvalue weighted by Gasteiger charge is -2.04. The molecular formula is C14H13NO4S. The molecule has 0 aliphatic carbocycles. The molecule has 0 amide bonds. The van der Waals surface area contributed by atoms with Gasteiger partial charge in [0, 0.05) is 11.0 Å². The molecule has 20 heavy (non-hydrogen) atoms. The van der Waals surface area contributed by atoms with Gasteiger partial charge in [0.05, 0.1) is 34.9 Å². The Labute approximate surface area is 118 Å². The fourth-order valence-corrected chi connectivity index (χ4v) is 2.65. The summed E-state index contributed by atoms with van der Waals surface area (Å²) in [6, 6.07) is 11.3. The highest BCUT2D eigenvalue weighted by Gasteiger charge is 2.09. The molecule has 104 valence electrons. The van der Waals surface area contributed by atoms with Gasteiger partial charge in [-0.1, -0.05) is 6.07 Å². The van der Waals surface area contributed by atoms with Gasteiger partial charge in [-0.15, -0.1) is 0 Å². The van der Waals surface area contributed by atoms with Crippen LogP contribution in [0.4, 0.5) is 0 Å². The van der Waals surface area contributed by atoms with E-state index in [-0.39, 0.29) is 11.3 Å². The van der Waals surface area contributed by atoms with Crippen LogP contribution in [0, 0.1) is 0 Å². The number of aromatic carboxylic acids is 1. The Hall–Kier alpha value is -2.21. The summed E-state index contributed by atoms with van der Waals surface area (Å²) in [5.74, 6) is -0.276. The van der Waals surface area contributed by atoms with Gasteiger partial charge >= 0.3 is 5.97 Å². The first-order valence-electron chi connectivity index (χ1n) is 5.82. The van der Waals surface area contributed by atoms with Gasteiger partial charge in [-0.25, -0.2) is 9.78 Å². The van der Waals surface area contributed by atoms with Crippen molar-refractivity contribution in [1.29, 1.82) is 0 Å². The third-order valence-corrected chi connectivity index (χ3v) is 3.99. The van der Waals surface area contributed by atoms with Crippen LogP contribution in [0.25, 0.3) is 0 Å². The van der Waals surface area contributed by atoms with Crippen LogP contribution in [0.3, 0.4) is 0 Å². The van der Waals surface area contributed by atoms with E-state index in [1.165, 1.54) is 19.2 Å². The van der Waals surface area contributed by atoms with Crippen molar-refractivity contribution in [1.82, 2.24) is 4.98 Å². The molecule has 0 spiro atoms. The van der Waals surface area contributed by atoms with Gasteiger partial charge in [-0.3, -0.25) is 4.21 Å². The maximum absolute atomic E-state index is 12.2. The minimum Gasteiger partial charge on any atom is -0.481 e. The zero-order valence-electron chi connectivity index (χ0n) is 10.8. The van der Waals surface area contributed by atoms with E-state index in [0.29, 0.717) is 16.5 Å². The Balaban J connectivity index is 2.13. The van der Waals surface area contributed by atoms with Crippen molar-refractivity contribution >= 4 is 16.8 Å². The first kappa shape index (κ1) is 14.2. The first-order valence-corrected chi connectivity index (χ1v) is 7.13. The summed E-state index contributed by atoms with van der Waals surface area (Å²) < 4.78 is 17.2. The van der Waals surface area contributed by atoms with Crippen LogP contribution in [0.1, 0.15) is 16.1 Å². The normalized spacial score (nSPS) is 11.8. The average molecular weight is 291 g/mol. The molecule has 1 N–H and O–H groups in total. The van der Waals surface area contributed by atoms with Crippen molar-refractivity contribution in [3.05, 3.63) is 53.7 Å². The number of carboxylic acid groups (broad SMARTS) is 1. The molecular weight excluding hydrogens is 278 g/mol. The Morgan fingerprint density at radius 2 is 1.95 bits per heavy atom. The molecule has 2 rings (SSSR count). The molecule has 1 aromatic carbocycles. The van der Waals surface area contributed by atoms with E-state index in [4.69, 9.17) is 9.84 Å². The fourth-order valence-electron chi connectivity index (χ4n) is 1.62. The van der Waals surface area contributed by atoms with Gasteiger partial charge in [0.15, 0.2) is 0 Å². The van der Waals surface area contributed by atoms with E-state index in [1.807, 2.05) is 0 Å². The van der Waals surface area contributed by atoms with Crippen molar-refractivity contribution in [2.45, 2.75) is 10.6 Å². The number of hydrogen-bond acceptors (Lipinski definition) is 4. The summed E-state index contributed by atoms with van der Waals surface area (Å²) >= 11 is 0. The van der Waals surface area contributed by atoms with E-state index in [1.54, 1.807) is 30.3 Å². The molecule has 0 fully saturated rings. The molecule has 6 heteroatoms. The Morgan fingerprint density at radius 3 is 2.55 bits per heavy atom. The molecule has 0 aliphatic rings. The van der Waals surface area contributed by atoms with Crippen molar-refractivity contribution in [2.75, 3.05) is 7.11 Å². The van der Waals surface area contributed by atoms with Crippen LogP contribution >= 0.6 is 0 Å².